The van der Waals surface area contributed by atoms with E-state index in [0.29, 0.717) is 24.7 Å². The van der Waals surface area contributed by atoms with Gasteiger partial charge in [-0.1, -0.05) is 17.9 Å². The quantitative estimate of drug-likeness (QED) is 0.819. The van der Waals surface area contributed by atoms with Gasteiger partial charge < -0.3 is 16.0 Å². The number of carbonyl (C=O) groups is 1. The van der Waals surface area contributed by atoms with Crippen LogP contribution in [0.1, 0.15) is 34.3 Å². The zero-order valence-electron chi connectivity index (χ0n) is 12.8. The number of aryl methyl sites for hydroxylation is 1. The summed E-state index contributed by atoms with van der Waals surface area (Å²) in [6, 6.07) is 6.14. The van der Waals surface area contributed by atoms with Crippen molar-refractivity contribution in [2.75, 3.05) is 26.7 Å². The monoisotopic (exact) mass is 285 g/mol. The first-order chi connectivity index (χ1) is 10.1. The summed E-state index contributed by atoms with van der Waals surface area (Å²) in [6.07, 6.45) is 2.36. The van der Waals surface area contributed by atoms with Crippen LogP contribution < -0.4 is 11.1 Å². The summed E-state index contributed by atoms with van der Waals surface area (Å²) in [4.78, 5) is 14.7. The van der Waals surface area contributed by atoms with Crippen LogP contribution in [0.2, 0.25) is 0 Å². The van der Waals surface area contributed by atoms with Gasteiger partial charge in [-0.3, -0.25) is 4.79 Å². The van der Waals surface area contributed by atoms with E-state index in [0.717, 1.165) is 24.1 Å². The van der Waals surface area contributed by atoms with Crippen molar-refractivity contribution >= 4 is 5.91 Å². The molecule has 1 fully saturated rings. The molecule has 1 aliphatic heterocycles. The maximum atomic E-state index is 12.4. The van der Waals surface area contributed by atoms with Gasteiger partial charge in [0.05, 0.1) is 6.54 Å². The second kappa shape index (κ2) is 7.26. The number of benzene rings is 1. The Morgan fingerprint density at radius 3 is 3.00 bits per heavy atom. The van der Waals surface area contributed by atoms with Gasteiger partial charge in [0.15, 0.2) is 0 Å². The summed E-state index contributed by atoms with van der Waals surface area (Å²) >= 11 is 0. The molecule has 0 aromatic heterocycles. The highest BCUT2D eigenvalue weighted by Crippen LogP contribution is 2.14. The summed E-state index contributed by atoms with van der Waals surface area (Å²) in [5.41, 5.74) is 7.86. The summed E-state index contributed by atoms with van der Waals surface area (Å²) in [6.45, 7) is 4.08. The van der Waals surface area contributed by atoms with Crippen LogP contribution in [0.15, 0.2) is 18.2 Å². The first-order valence-electron chi connectivity index (χ1n) is 7.40. The summed E-state index contributed by atoms with van der Waals surface area (Å²) < 4.78 is 0. The Morgan fingerprint density at radius 1 is 1.52 bits per heavy atom. The molecule has 1 aromatic rings. The minimum atomic E-state index is -0.0239. The summed E-state index contributed by atoms with van der Waals surface area (Å²) in [7, 11) is 2.11. The first kappa shape index (κ1) is 15.6. The number of amides is 1. The molecule has 21 heavy (non-hydrogen) atoms. The lowest BCUT2D eigenvalue weighted by Crippen LogP contribution is -2.38. The van der Waals surface area contributed by atoms with Crippen molar-refractivity contribution in [3.05, 3.63) is 34.9 Å². The molecule has 0 spiro atoms. The smallest absolute Gasteiger partial charge is 0.251 e. The minimum Gasteiger partial charge on any atom is -0.350 e. The highest BCUT2D eigenvalue weighted by atomic mass is 16.1. The van der Waals surface area contributed by atoms with Crippen LogP contribution in [0.4, 0.5) is 0 Å². The van der Waals surface area contributed by atoms with Crippen LogP contribution in [-0.2, 0) is 0 Å². The van der Waals surface area contributed by atoms with E-state index in [2.05, 4.69) is 29.1 Å². The average molecular weight is 285 g/mol. The standard InChI is InChI=1S/C17H23N3O/c1-13-7-8-14(5-3-9-18)11-16(13)17(21)19-12-15-6-4-10-20(15)2/h7-8,11,15H,4,6,9-10,12,18H2,1-2H3,(H,19,21). The van der Waals surface area contributed by atoms with Crippen molar-refractivity contribution in [2.24, 2.45) is 5.73 Å². The number of rotatable bonds is 3. The highest BCUT2D eigenvalue weighted by molar-refractivity contribution is 5.96. The molecule has 0 radical (unpaired) electrons. The van der Waals surface area contributed by atoms with Crippen molar-refractivity contribution in [2.45, 2.75) is 25.8 Å². The summed E-state index contributed by atoms with van der Waals surface area (Å²) in [5.74, 6) is 5.76. The zero-order chi connectivity index (χ0) is 15.2. The molecule has 4 heteroatoms. The van der Waals surface area contributed by atoms with Crippen molar-refractivity contribution in [3.8, 4) is 11.8 Å². The van der Waals surface area contributed by atoms with Crippen LogP contribution in [0.5, 0.6) is 0 Å². The van der Waals surface area contributed by atoms with Crippen LogP contribution >= 0.6 is 0 Å². The Kier molecular flexibility index (Phi) is 5.38. The number of nitrogens with two attached hydrogens (primary N) is 1. The third kappa shape index (κ3) is 4.07. The van der Waals surface area contributed by atoms with Gasteiger partial charge in [0.1, 0.15) is 0 Å². The molecule has 0 bridgehead atoms. The molecule has 4 nitrogen and oxygen atoms in total. The molecule has 1 saturated heterocycles. The molecule has 1 unspecified atom stereocenters. The number of likely N-dealkylation sites (N-methyl/N-ethyl adjacent to an activating group) is 1. The van der Waals surface area contributed by atoms with Crippen LogP contribution in [0, 0.1) is 18.8 Å². The van der Waals surface area contributed by atoms with E-state index < -0.39 is 0 Å². The normalized spacial score (nSPS) is 18.1. The van der Waals surface area contributed by atoms with E-state index in [4.69, 9.17) is 5.73 Å². The topological polar surface area (TPSA) is 58.4 Å². The molecule has 112 valence electrons. The predicted octanol–water partition coefficient (Wildman–Crippen LogP) is 1.13. The molecule has 0 aliphatic carbocycles. The predicted molar refractivity (Wildman–Crippen MR) is 85.1 cm³/mol. The van der Waals surface area contributed by atoms with Crippen molar-refractivity contribution in [3.63, 3.8) is 0 Å². The van der Waals surface area contributed by atoms with E-state index in [-0.39, 0.29) is 5.91 Å². The maximum absolute atomic E-state index is 12.4. The lowest BCUT2D eigenvalue weighted by Gasteiger charge is -2.20. The largest absolute Gasteiger partial charge is 0.350 e. The van der Waals surface area contributed by atoms with Crippen molar-refractivity contribution < 1.29 is 4.79 Å². The lowest BCUT2D eigenvalue weighted by molar-refractivity contribution is 0.0943. The molecule has 2 rings (SSSR count). The molecule has 1 amide bonds. The molecule has 1 aliphatic rings. The number of nitrogens with zero attached hydrogens (tertiary/aromatic N) is 1. The SMILES string of the molecule is Cc1ccc(C#CCN)cc1C(=O)NCC1CCCN1C. The molecule has 0 saturated carbocycles. The van der Waals surface area contributed by atoms with Crippen LogP contribution in [0.25, 0.3) is 0 Å². The van der Waals surface area contributed by atoms with Gasteiger partial charge in [0.2, 0.25) is 0 Å². The van der Waals surface area contributed by atoms with Gasteiger partial charge >= 0.3 is 0 Å². The minimum absolute atomic E-state index is 0.0239. The maximum Gasteiger partial charge on any atom is 0.251 e. The lowest BCUT2D eigenvalue weighted by atomic mass is 10.0. The van der Waals surface area contributed by atoms with E-state index >= 15 is 0 Å². The Hall–Kier alpha value is -1.83. The molecule has 1 atom stereocenters. The zero-order valence-corrected chi connectivity index (χ0v) is 12.8. The Bertz CT molecular complexity index is 571. The fourth-order valence-electron chi connectivity index (χ4n) is 2.64. The van der Waals surface area contributed by atoms with Gasteiger partial charge in [-0.25, -0.2) is 0 Å². The third-order valence-corrected chi connectivity index (χ3v) is 3.99. The molecule has 1 heterocycles. The van der Waals surface area contributed by atoms with Gasteiger partial charge in [-0.15, -0.1) is 0 Å². The number of likely N-dealkylation sites (tertiary alicyclic amines) is 1. The number of carbonyl (C=O) groups excluding carboxylic acids is 1. The van der Waals surface area contributed by atoms with E-state index in [9.17, 15) is 4.79 Å². The molecule has 3 N–H and O–H groups in total. The number of hydrogen-bond acceptors (Lipinski definition) is 3. The average Bonchev–Trinajstić information content (AvgIpc) is 2.89. The van der Waals surface area contributed by atoms with Crippen molar-refractivity contribution in [1.82, 2.24) is 10.2 Å². The third-order valence-electron chi connectivity index (χ3n) is 3.99. The van der Waals surface area contributed by atoms with Gasteiger partial charge in [-0.05, 0) is 51.1 Å². The van der Waals surface area contributed by atoms with Gasteiger partial charge in [0.25, 0.3) is 5.91 Å². The van der Waals surface area contributed by atoms with Gasteiger partial charge in [-0.2, -0.15) is 0 Å². The van der Waals surface area contributed by atoms with E-state index in [1.807, 2.05) is 25.1 Å². The number of hydrogen-bond donors (Lipinski definition) is 2. The van der Waals surface area contributed by atoms with Crippen LogP contribution in [-0.4, -0.2) is 43.5 Å². The first-order valence-corrected chi connectivity index (χ1v) is 7.40. The second-order valence-corrected chi connectivity index (χ2v) is 5.52. The molecular weight excluding hydrogens is 262 g/mol. The van der Waals surface area contributed by atoms with E-state index in [1.165, 1.54) is 6.42 Å². The van der Waals surface area contributed by atoms with Crippen molar-refractivity contribution in [1.29, 1.82) is 0 Å². The second-order valence-electron chi connectivity index (χ2n) is 5.52. The fourth-order valence-corrected chi connectivity index (χ4v) is 2.64. The highest BCUT2D eigenvalue weighted by Gasteiger charge is 2.21. The fraction of sp³-hybridized carbons (Fsp3) is 0.471. The Balaban J connectivity index is 2.04. The van der Waals surface area contributed by atoms with Crippen LogP contribution in [0.3, 0.4) is 0 Å². The summed E-state index contributed by atoms with van der Waals surface area (Å²) in [5, 5.41) is 3.04. The van der Waals surface area contributed by atoms with Gasteiger partial charge in [0, 0.05) is 23.7 Å². The Morgan fingerprint density at radius 2 is 2.33 bits per heavy atom. The molecule has 1 aromatic carbocycles. The number of nitrogens with one attached hydrogen (secondary N) is 1. The Labute approximate surface area is 126 Å². The molecular formula is C17H23N3O. The van der Waals surface area contributed by atoms with E-state index in [1.54, 1.807) is 0 Å².